The van der Waals surface area contributed by atoms with E-state index in [-0.39, 0.29) is 5.97 Å². The van der Waals surface area contributed by atoms with Gasteiger partial charge in [-0.2, -0.15) is 0 Å². The summed E-state index contributed by atoms with van der Waals surface area (Å²) in [5.41, 5.74) is 0.0131. The van der Waals surface area contributed by atoms with Gasteiger partial charge in [-0.25, -0.2) is 0 Å². The number of hydrogen-bond donors (Lipinski definition) is 0. The molecule has 2 aromatic rings. The van der Waals surface area contributed by atoms with E-state index in [0.29, 0.717) is 0 Å². The van der Waals surface area contributed by atoms with Crippen molar-refractivity contribution >= 4 is 16.7 Å². The maximum Gasteiger partial charge on any atom is 0.312 e. The number of esters is 1. The number of fused-ring (bicyclic) bond motifs is 1. The van der Waals surface area contributed by atoms with Crippen molar-refractivity contribution in [2.75, 3.05) is 0 Å². The minimum absolute atomic E-state index is 0.132. The van der Waals surface area contributed by atoms with Gasteiger partial charge in [0.05, 0.1) is 5.41 Å². The Labute approximate surface area is 133 Å². The molecule has 0 aliphatic heterocycles. The molecule has 0 amide bonds. The lowest BCUT2D eigenvalue weighted by Gasteiger charge is -2.34. The van der Waals surface area contributed by atoms with Crippen LogP contribution in [0, 0.1) is 5.41 Å². The summed E-state index contributed by atoms with van der Waals surface area (Å²) in [6.07, 6.45) is 1.51. The summed E-state index contributed by atoms with van der Waals surface area (Å²) in [5.74, 6) is -0.132. The number of carbonyl (C=O) groups is 1. The molecule has 0 saturated heterocycles. The number of carbonyl (C=O) groups excluding carboxylic acids is 1. The lowest BCUT2D eigenvalue weighted by atomic mass is 9.86. The van der Waals surface area contributed by atoms with Gasteiger partial charge in [-0.3, -0.25) is 4.79 Å². The zero-order valence-corrected chi connectivity index (χ0v) is 14.3. The SMILES string of the molecule is CCC(C)(C)C(=O)OC(C)(CC)c1cccc2ccccc12. The molecule has 2 rings (SSSR count). The van der Waals surface area contributed by atoms with E-state index < -0.39 is 11.0 Å². The summed E-state index contributed by atoms with van der Waals surface area (Å²) < 4.78 is 6.00. The topological polar surface area (TPSA) is 26.3 Å². The van der Waals surface area contributed by atoms with Gasteiger partial charge in [-0.05, 0) is 44.4 Å². The first-order valence-electron chi connectivity index (χ1n) is 8.06. The van der Waals surface area contributed by atoms with Crippen molar-refractivity contribution < 1.29 is 9.53 Å². The van der Waals surface area contributed by atoms with Gasteiger partial charge in [0.2, 0.25) is 0 Å². The molecule has 118 valence electrons. The maximum atomic E-state index is 12.6. The first-order chi connectivity index (χ1) is 10.3. The highest BCUT2D eigenvalue weighted by Gasteiger charge is 2.36. The van der Waals surface area contributed by atoms with Crippen LogP contribution in [-0.4, -0.2) is 5.97 Å². The molecule has 0 saturated carbocycles. The highest BCUT2D eigenvalue weighted by atomic mass is 16.6. The summed E-state index contributed by atoms with van der Waals surface area (Å²) in [4.78, 5) is 12.6. The lowest BCUT2D eigenvalue weighted by molar-refractivity contribution is -0.170. The fourth-order valence-electron chi connectivity index (χ4n) is 2.49. The van der Waals surface area contributed by atoms with Crippen LogP contribution in [0.25, 0.3) is 10.8 Å². The monoisotopic (exact) mass is 298 g/mol. The summed E-state index contributed by atoms with van der Waals surface area (Å²) in [6, 6.07) is 14.4. The molecule has 0 radical (unpaired) electrons. The fourth-order valence-corrected chi connectivity index (χ4v) is 2.49. The number of benzene rings is 2. The zero-order valence-electron chi connectivity index (χ0n) is 14.3. The van der Waals surface area contributed by atoms with Crippen molar-refractivity contribution in [3.05, 3.63) is 48.0 Å². The molecule has 2 nitrogen and oxygen atoms in total. The molecular formula is C20H26O2. The molecule has 2 heteroatoms. The normalized spacial score (nSPS) is 14.6. The van der Waals surface area contributed by atoms with E-state index in [2.05, 4.69) is 31.2 Å². The number of ether oxygens (including phenoxy) is 1. The Hall–Kier alpha value is -1.83. The van der Waals surface area contributed by atoms with Crippen molar-refractivity contribution in [3.8, 4) is 0 Å². The van der Waals surface area contributed by atoms with Crippen LogP contribution in [-0.2, 0) is 15.1 Å². The largest absolute Gasteiger partial charge is 0.454 e. The van der Waals surface area contributed by atoms with Gasteiger partial charge in [0.25, 0.3) is 0 Å². The molecule has 0 aliphatic carbocycles. The van der Waals surface area contributed by atoms with Gasteiger partial charge in [-0.1, -0.05) is 56.3 Å². The molecule has 0 aromatic heterocycles. The van der Waals surface area contributed by atoms with Gasteiger partial charge in [0.15, 0.2) is 0 Å². The Bertz CT molecular complexity index is 667. The Morgan fingerprint density at radius 2 is 1.59 bits per heavy atom. The van der Waals surface area contributed by atoms with E-state index in [1.165, 1.54) is 5.39 Å². The molecule has 1 unspecified atom stereocenters. The van der Waals surface area contributed by atoms with E-state index >= 15 is 0 Å². The second-order valence-electron chi connectivity index (χ2n) is 6.74. The second kappa shape index (κ2) is 6.12. The van der Waals surface area contributed by atoms with Gasteiger partial charge in [0.1, 0.15) is 5.60 Å². The standard InChI is InChI=1S/C20H26O2/c1-6-19(3,4)18(21)22-20(5,7-2)17-14-10-12-15-11-8-9-13-16(15)17/h8-14H,6-7H2,1-5H3. The Kier molecular flexibility index (Phi) is 4.60. The Morgan fingerprint density at radius 1 is 0.955 bits per heavy atom. The third-order valence-electron chi connectivity index (χ3n) is 4.79. The molecule has 0 fully saturated rings. The van der Waals surface area contributed by atoms with E-state index in [1.54, 1.807) is 0 Å². The molecule has 2 aromatic carbocycles. The van der Waals surface area contributed by atoms with Gasteiger partial charge in [0, 0.05) is 5.56 Å². The average molecular weight is 298 g/mol. The molecule has 22 heavy (non-hydrogen) atoms. The quantitative estimate of drug-likeness (QED) is 0.687. The first-order valence-corrected chi connectivity index (χ1v) is 8.06. The molecule has 1 atom stereocenters. The lowest BCUT2D eigenvalue weighted by Crippen LogP contribution is -2.35. The van der Waals surface area contributed by atoms with Crippen molar-refractivity contribution in [1.29, 1.82) is 0 Å². The van der Waals surface area contributed by atoms with Crippen LogP contribution in [0.15, 0.2) is 42.5 Å². The van der Waals surface area contributed by atoms with E-state index in [0.717, 1.165) is 23.8 Å². The highest BCUT2D eigenvalue weighted by Crippen LogP contribution is 2.36. The smallest absolute Gasteiger partial charge is 0.312 e. The predicted octanol–water partition coefficient (Wildman–Crippen LogP) is 5.44. The van der Waals surface area contributed by atoms with Crippen LogP contribution in [0.2, 0.25) is 0 Å². The van der Waals surface area contributed by atoms with Crippen LogP contribution in [0.4, 0.5) is 0 Å². The third-order valence-corrected chi connectivity index (χ3v) is 4.79. The molecule has 0 heterocycles. The highest BCUT2D eigenvalue weighted by molar-refractivity contribution is 5.87. The Morgan fingerprint density at radius 3 is 2.23 bits per heavy atom. The van der Waals surface area contributed by atoms with Crippen LogP contribution in [0.3, 0.4) is 0 Å². The Balaban J connectivity index is 2.47. The van der Waals surface area contributed by atoms with Crippen LogP contribution in [0.1, 0.15) is 53.0 Å². The average Bonchev–Trinajstić information content (AvgIpc) is 2.54. The van der Waals surface area contributed by atoms with Crippen molar-refractivity contribution in [1.82, 2.24) is 0 Å². The molecule has 0 aliphatic rings. The minimum atomic E-state index is -0.607. The van der Waals surface area contributed by atoms with Crippen molar-refractivity contribution in [3.63, 3.8) is 0 Å². The summed E-state index contributed by atoms with van der Waals surface area (Å²) >= 11 is 0. The number of rotatable bonds is 5. The van der Waals surface area contributed by atoms with E-state index in [1.807, 2.05) is 45.9 Å². The van der Waals surface area contributed by atoms with Gasteiger partial charge in [-0.15, -0.1) is 0 Å². The van der Waals surface area contributed by atoms with Crippen molar-refractivity contribution in [2.45, 2.75) is 53.1 Å². The minimum Gasteiger partial charge on any atom is -0.454 e. The van der Waals surface area contributed by atoms with Crippen LogP contribution in [0.5, 0.6) is 0 Å². The van der Waals surface area contributed by atoms with Gasteiger partial charge < -0.3 is 4.74 Å². The van der Waals surface area contributed by atoms with E-state index in [9.17, 15) is 4.79 Å². The first kappa shape index (κ1) is 16.5. The second-order valence-corrected chi connectivity index (χ2v) is 6.74. The van der Waals surface area contributed by atoms with Gasteiger partial charge >= 0.3 is 5.97 Å². The third kappa shape index (κ3) is 3.01. The maximum absolute atomic E-state index is 12.6. The van der Waals surface area contributed by atoms with Crippen LogP contribution >= 0.6 is 0 Å². The molecule has 0 bridgehead atoms. The fraction of sp³-hybridized carbons (Fsp3) is 0.450. The van der Waals surface area contributed by atoms with Crippen molar-refractivity contribution in [2.24, 2.45) is 5.41 Å². The van der Waals surface area contributed by atoms with E-state index in [4.69, 9.17) is 4.74 Å². The number of hydrogen-bond acceptors (Lipinski definition) is 2. The molecule has 0 N–H and O–H groups in total. The molecular weight excluding hydrogens is 272 g/mol. The zero-order chi connectivity index (χ0) is 16.4. The summed E-state index contributed by atoms with van der Waals surface area (Å²) in [7, 11) is 0. The predicted molar refractivity (Wildman–Crippen MR) is 91.8 cm³/mol. The summed E-state index contributed by atoms with van der Waals surface area (Å²) in [6.45, 7) is 9.97. The summed E-state index contributed by atoms with van der Waals surface area (Å²) in [5, 5.41) is 2.32. The molecule has 0 spiro atoms. The van der Waals surface area contributed by atoms with Crippen LogP contribution < -0.4 is 0 Å².